The van der Waals surface area contributed by atoms with E-state index in [1.165, 1.54) is 0 Å². The molecule has 2 aromatic rings. The minimum Gasteiger partial charge on any atom is -0.494 e. The van der Waals surface area contributed by atoms with E-state index in [-0.39, 0.29) is 5.91 Å². The van der Waals surface area contributed by atoms with Gasteiger partial charge >= 0.3 is 0 Å². The molecule has 1 aliphatic rings. The summed E-state index contributed by atoms with van der Waals surface area (Å²) < 4.78 is 11.2. The normalized spacial score (nSPS) is 13.9. The number of nitrogens with zero attached hydrogens (tertiary/aromatic N) is 1. The Labute approximate surface area is 171 Å². The molecule has 0 aromatic heterocycles. The Bertz CT molecular complexity index is 860. The first kappa shape index (κ1) is 20.9. The summed E-state index contributed by atoms with van der Waals surface area (Å²) in [5, 5.41) is 0. The number of unbranched alkanes of at least 4 members (excludes halogenated alkanes) is 2. The maximum Gasteiger partial charge on any atom is 0.254 e. The number of carbonyl (C=O) groups is 2. The lowest BCUT2D eigenvalue weighted by Crippen LogP contribution is -2.40. The van der Waals surface area contributed by atoms with E-state index >= 15 is 0 Å². The quantitative estimate of drug-likeness (QED) is 0.693. The molecule has 1 aliphatic heterocycles. The van der Waals surface area contributed by atoms with Gasteiger partial charge in [-0.3, -0.25) is 9.59 Å². The van der Waals surface area contributed by atoms with Gasteiger partial charge in [0.05, 0.1) is 19.8 Å². The van der Waals surface area contributed by atoms with E-state index in [1.54, 1.807) is 29.2 Å². The van der Waals surface area contributed by atoms with Crippen LogP contribution in [0.3, 0.4) is 0 Å². The van der Waals surface area contributed by atoms with Gasteiger partial charge in [0, 0.05) is 24.2 Å². The zero-order chi connectivity index (χ0) is 20.6. The number of hydrogen-bond donors (Lipinski definition) is 1. The van der Waals surface area contributed by atoms with Crippen molar-refractivity contribution in [2.24, 2.45) is 5.73 Å². The second-order valence-electron chi connectivity index (χ2n) is 7.11. The Morgan fingerprint density at radius 2 is 1.90 bits per heavy atom. The lowest BCUT2D eigenvalue weighted by atomic mass is 9.97. The fraction of sp³-hybridized carbons (Fsp3) is 0.391. The summed E-state index contributed by atoms with van der Waals surface area (Å²) in [6, 6.07) is 12.6. The summed E-state index contributed by atoms with van der Waals surface area (Å²) in [5.74, 6) is 0.135. The topological polar surface area (TPSA) is 81.9 Å². The Morgan fingerprint density at radius 1 is 1.10 bits per heavy atom. The van der Waals surface area contributed by atoms with Crippen molar-refractivity contribution >= 4 is 11.8 Å². The highest BCUT2D eigenvalue weighted by Crippen LogP contribution is 2.29. The van der Waals surface area contributed by atoms with E-state index in [2.05, 4.69) is 6.92 Å². The van der Waals surface area contributed by atoms with E-state index < -0.39 is 5.91 Å². The van der Waals surface area contributed by atoms with Gasteiger partial charge in [-0.2, -0.15) is 0 Å². The van der Waals surface area contributed by atoms with Crippen LogP contribution in [-0.2, 0) is 4.74 Å². The molecule has 154 valence electrons. The molecular weight excluding hydrogens is 368 g/mol. The van der Waals surface area contributed by atoms with Gasteiger partial charge in [0.2, 0.25) is 5.91 Å². The van der Waals surface area contributed by atoms with E-state index in [0.29, 0.717) is 55.4 Å². The van der Waals surface area contributed by atoms with Crippen LogP contribution in [0, 0.1) is 0 Å². The number of ether oxygens (including phenoxy) is 2. The molecule has 0 spiro atoms. The summed E-state index contributed by atoms with van der Waals surface area (Å²) in [5.41, 5.74) is 8.00. The summed E-state index contributed by atoms with van der Waals surface area (Å²) in [6.45, 7) is 5.03. The second kappa shape index (κ2) is 10.1. The Hall–Kier alpha value is -2.86. The van der Waals surface area contributed by atoms with E-state index in [0.717, 1.165) is 24.8 Å². The number of morpholine rings is 1. The number of primary amides is 1. The lowest BCUT2D eigenvalue weighted by molar-refractivity contribution is 0.0303. The van der Waals surface area contributed by atoms with Gasteiger partial charge in [0.25, 0.3) is 5.91 Å². The SMILES string of the molecule is CCCCCOc1ccc(C(N)=O)c(-c2cccc(C(=O)N3CCOCC3)c2)c1. The van der Waals surface area contributed by atoms with Crippen molar-refractivity contribution in [2.45, 2.75) is 26.2 Å². The Morgan fingerprint density at radius 3 is 2.62 bits per heavy atom. The van der Waals surface area contributed by atoms with Gasteiger partial charge in [-0.05, 0) is 47.9 Å². The van der Waals surface area contributed by atoms with Crippen LogP contribution in [0.4, 0.5) is 0 Å². The molecule has 0 atom stereocenters. The molecule has 0 unspecified atom stereocenters. The Balaban J connectivity index is 1.87. The maximum absolute atomic E-state index is 12.8. The number of amides is 2. The predicted molar refractivity (Wildman–Crippen MR) is 112 cm³/mol. The molecule has 2 amide bonds. The van der Waals surface area contributed by atoms with Crippen LogP contribution in [0.2, 0.25) is 0 Å². The van der Waals surface area contributed by atoms with Crippen LogP contribution in [0.15, 0.2) is 42.5 Å². The van der Waals surface area contributed by atoms with Crippen molar-refractivity contribution in [2.75, 3.05) is 32.9 Å². The average molecular weight is 396 g/mol. The number of carbonyl (C=O) groups excluding carboxylic acids is 2. The summed E-state index contributed by atoms with van der Waals surface area (Å²) in [4.78, 5) is 26.6. The lowest BCUT2D eigenvalue weighted by Gasteiger charge is -2.27. The molecule has 1 heterocycles. The third-order valence-corrected chi connectivity index (χ3v) is 4.99. The van der Waals surface area contributed by atoms with Crippen LogP contribution in [0.25, 0.3) is 11.1 Å². The molecule has 0 saturated carbocycles. The van der Waals surface area contributed by atoms with E-state index in [1.807, 2.05) is 18.2 Å². The molecule has 1 fully saturated rings. The third-order valence-electron chi connectivity index (χ3n) is 4.99. The van der Waals surface area contributed by atoms with Crippen LogP contribution in [0.5, 0.6) is 5.75 Å². The molecule has 6 nitrogen and oxygen atoms in total. The number of nitrogens with two attached hydrogens (primary N) is 1. The zero-order valence-electron chi connectivity index (χ0n) is 16.9. The van der Waals surface area contributed by atoms with Gasteiger partial charge in [0.1, 0.15) is 5.75 Å². The van der Waals surface area contributed by atoms with E-state index in [9.17, 15) is 9.59 Å². The maximum atomic E-state index is 12.8. The number of rotatable bonds is 8. The molecule has 0 aliphatic carbocycles. The van der Waals surface area contributed by atoms with Gasteiger partial charge in [0.15, 0.2) is 0 Å². The molecule has 0 bridgehead atoms. The predicted octanol–water partition coefficient (Wildman–Crippen LogP) is 3.49. The van der Waals surface area contributed by atoms with Crippen LogP contribution in [-0.4, -0.2) is 49.6 Å². The molecule has 2 N–H and O–H groups in total. The molecule has 0 radical (unpaired) electrons. The molecule has 3 rings (SSSR count). The van der Waals surface area contributed by atoms with E-state index in [4.69, 9.17) is 15.2 Å². The zero-order valence-corrected chi connectivity index (χ0v) is 16.9. The van der Waals surface area contributed by atoms with Crippen molar-refractivity contribution in [1.82, 2.24) is 4.90 Å². The third kappa shape index (κ3) is 5.35. The first-order chi connectivity index (χ1) is 14.1. The molecule has 29 heavy (non-hydrogen) atoms. The fourth-order valence-corrected chi connectivity index (χ4v) is 3.38. The minimum absolute atomic E-state index is 0.0391. The summed E-state index contributed by atoms with van der Waals surface area (Å²) in [6.07, 6.45) is 3.21. The van der Waals surface area contributed by atoms with Gasteiger partial charge in [-0.25, -0.2) is 0 Å². The highest BCUT2D eigenvalue weighted by molar-refractivity contribution is 6.01. The highest BCUT2D eigenvalue weighted by Gasteiger charge is 2.19. The second-order valence-corrected chi connectivity index (χ2v) is 7.11. The number of benzene rings is 2. The van der Waals surface area contributed by atoms with Crippen molar-refractivity contribution < 1.29 is 19.1 Å². The molecule has 6 heteroatoms. The monoisotopic (exact) mass is 396 g/mol. The molecule has 2 aromatic carbocycles. The van der Waals surface area contributed by atoms with Crippen LogP contribution >= 0.6 is 0 Å². The van der Waals surface area contributed by atoms with Crippen molar-refractivity contribution in [3.63, 3.8) is 0 Å². The van der Waals surface area contributed by atoms with Crippen LogP contribution < -0.4 is 10.5 Å². The molecule has 1 saturated heterocycles. The first-order valence-electron chi connectivity index (χ1n) is 10.1. The van der Waals surface area contributed by atoms with Crippen LogP contribution in [0.1, 0.15) is 46.9 Å². The fourth-order valence-electron chi connectivity index (χ4n) is 3.38. The largest absolute Gasteiger partial charge is 0.494 e. The van der Waals surface area contributed by atoms with Crippen molar-refractivity contribution in [1.29, 1.82) is 0 Å². The van der Waals surface area contributed by atoms with Crippen molar-refractivity contribution in [3.05, 3.63) is 53.6 Å². The smallest absolute Gasteiger partial charge is 0.254 e. The first-order valence-corrected chi connectivity index (χ1v) is 10.1. The van der Waals surface area contributed by atoms with Gasteiger partial charge in [-0.1, -0.05) is 31.9 Å². The standard InChI is InChI=1S/C23H28N2O4/c1-2-3-4-12-29-19-8-9-20(22(24)26)21(16-19)17-6-5-7-18(15-17)23(27)25-10-13-28-14-11-25/h5-9,15-16H,2-4,10-14H2,1H3,(H2,24,26). The Kier molecular flexibility index (Phi) is 7.25. The van der Waals surface area contributed by atoms with Gasteiger partial charge in [-0.15, -0.1) is 0 Å². The number of hydrogen-bond acceptors (Lipinski definition) is 4. The highest BCUT2D eigenvalue weighted by atomic mass is 16.5. The average Bonchev–Trinajstić information content (AvgIpc) is 2.76. The summed E-state index contributed by atoms with van der Waals surface area (Å²) >= 11 is 0. The minimum atomic E-state index is -0.512. The van der Waals surface area contributed by atoms with Gasteiger partial charge < -0.3 is 20.1 Å². The summed E-state index contributed by atoms with van der Waals surface area (Å²) in [7, 11) is 0. The van der Waals surface area contributed by atoms with Crippen molar-refractivity contribution in [3.8, 4) is 16.9 Å². The molecular formula is C23H28N2O4.